The fourth-order valence-electron chi connectivity index (χ4n) is 2.64. The minimum atomic E-state index is 0.429. The van der Waals surface area contributed by atoms with Crippen LogP contribution in [0.2, 0.25) is 0 Å². The number of para-hydroxylation sites is 1. The number of nitrogens with one attached hydrogen (secondary N) is 2. The van der Waals surface area contributed by atoms with Crippen LogP contribution in [0.25, 0.3) is 0 Å². The van der Waals surface area contributed by atoms with E-state index in [1.807, 2.05) is 31.2 Å². The summed E-state index contributed by atoms with van der Waals surface area (Å²) >= 11 is 0. The Labute approximate surface area is 148 Å². The summed E-state index contributed by atoms with van der Waals surface area (Å²) in [7, 11) is 0. The molecule has 1 aromatic carbocycles. The normalized spacial score (nSPS) is 10.7. The lowest BCUT2D eigenvalue weighted by molar-refractivity contribution is 0.868. The fourth-order valence-corrected chi connectivity index (χ4v) is 2.64. The van der Waals surface area contributed by atoms with Crippen LogP contribution in [0.15, 0.2) is 54.9 Å². The fraction of sp³-hybridized carbons (Fsp3) is 0.250. The van der Waals surface area contributed by atoms with E-state index >= 15 is 0 Å². The summed E-state index contributed by atoms with van der Waals surface area (Å²) in [5.74, 6) is 1.83. The van der Waals surface area contributed by atoms with Crippen molar-refractivity contribution in [1.29, 1.82) is 0 Å². The summed E-state index contributed by atoms with van der Waals surface area (Å²) in [6.07, 6.45) is 3.58. The number of nitrogens with zero attached hydrogens (tertiary/aromatic N) is 3. The number of hydrogen-bond acceptors (Lipinski definition) is 5. The van der Waals surface area contributed by atoms with E-state index in [1.165, 1.54) is 5.56 Å². The first-order valence-corrected chi connectivity index (χ1v) is 8.46. The third-order valence-corrected chi connectivity index (χ3v) is 3.91. The molecular formula is C20H23N5. The lowest BCUT2D eigenvalue weighted by Crippen LogP contribution is -2.06. The van der Waals surface area contributed by atoms with Gasteiger partial charge in [-0.15, -0.1) is 0 Å². The molecule has 3 rings (SSSR count). The summed E-state index contributed by atoms with van der Waals surface area (Å²) in [6.45, 7) is 7.03. The van der Waals surface area contributed by atoms with Gasteiger partial charge in [-0.1, -0.05) is 32.0 Å². The summed E-state index contributed by atoms with van der Waals surface area (Å²) < 4.78 is 0. The Morgan fingerprint density at radius 1 is 1.00 bits per heavy atom. The molecule has 2 aromatic heterocycles. The van der Waals surface area contributed by atoms with Crippen LogP contribution in [-0.4, -0.2) is 15.0 Å². The van der Waals surface area contributed by atoms with Crippen LogP contribution < -0.4 is 10.6 Å². The number of aryl methyl sites for hydroxylation is 1. The Balaban J connectivity index is 1.78. The van der Waals surface area contributed by atoms with Crippen molar-refractivity contribution < 1.29 is 0 Å². The molecule has 0 fully saturated rings. The van der Waals surface area contributed by atoms with Crippen molar-refractivity contribution in [2.45, 2.75) is 33.2 Å². The lowest BCUT2D eigenvalue weighted by atomic mass is 10.0. The molecule has 128 valence electrons. The molecule has 0 spiro atoms. The second-order valence-corrected chi connectivity index (χ2v) is 6.29. The maximum Gasteiger partial charge on any atom is 0.229 e. The predicted octanol–water partition coefficient (Wildman–Crippen LogP) is 4.66. The highest BCUT2D eigenvalue weighted by Crippen LogP contribution is 2.26. The zero-order chi connectivity index (χ0) is 17.6. The van der Waals surface area contributed by atoms with Crippen LogP contribution in [-0.2, 0) is 6.54 Å². The topological polar surface area (TPSA) is 62.7 Å². The van der Waals surface area contributed by atoms with Crippen LogP contribution >= 0.6 is 0 Å². The maximum atomic E-state index is 4.60. The van der Waals surface area contributed by atoms with Crippen LogP contribution in [0, 0.1) is 6.92 Å². The van der Waals surface area contributed by atoms with Gasteiger partial charge in [-0.05, 0) is 42.2 Å². The van der Waals surface area contributed by atoms with Gasteiger partial charge in [0.25, 0.3) is 0 Å². The Kier molecular flexibility index (Phi) is 5.23. The smallest absolute Gasteiger partial charge is 0.229 e. The lowest BCUT2D eigenvalue weighted by Gasteiger charge is -2.14. The van der Waals surface area contributed by atoms with Crippen LogP contribution in [0.1, 0.15) is 36.6 Å². The third kappa shape index (κ3) is 4.53. The summed E-state index contributed by atoms with van der Waals surface area (Å²) in [5.41, 5.74) is 4.37. The average Bonchev–Trinajstić information content (AvgIpc) is 2.61. The van der Waals surface area contributed by atoms with Crippen LogP contribution in [0.4, 0.5) is 17.5 Å². The zero-order valence-electron chi connectivity index (χ0n) is 14.8. The summed E-state index contributed by atoms with van der Waals surface area (Å²) in [4.78, 5) is 13.1. The molecule has 0 aliphatic heterocycles. The van der Waals surface area contributed by atoms with E-state index in [0.29, 0.717) is 18.4 Å². The number of aromatic nitrogens is 3. The van der Waals surface area contributed by atoms with Gasteiger partial charge < -0.3 is 10.6 Å². The van der Waals surface area contributed by atoms with Crippen molar-refractivity contribution in [3.8, 4) is 0 Å². The summed E-state index contributed by atoms with van der Waals surface area (Å²) in [6, 6.07) is 14.2. The molecule has 2 heterocycles. The van der Waals surface area contributed by atoms with Gasteiger partial charge >= 0.3 is 0 Å². The van der Waals surface area contributed by atoms with Crippen LogP contribution in [0.5, 0.6) is 0 Å². The van der Waals surface area contributed by atoms with Gasteiger partial charge in [0, 0.05) is 36.4 Å². The van der Waals surface area contributed by atoms with Crippen molar-refractivity contribution in [3.63, 3.8) is 0 Å². The molecule has 0 aliphatic carbocycles. The molecule has 0 radical (unpaired) electrons. The molecular weight excluding hydrogens is 310 g/mol. The highest BCUT2D eigenvalue weighted by molar-refractivity contribution is 5.60. The van der Waals surface area contributed by atoms with Crippen molar-refractivity contribution in [2.24, 2.45) is 0 Å². The monoisotopic (exact) mass is 333 g/mol. The van der Waals surface area contributed by atoms with E-state index in [9.17, 15) is 0 Å². The predicted molar refractivity (Wildman–Crippen MR) is 102 cm³/mol. The number of benzene rings is 1. The van der Waals surface area contributed by atoms with Gasteiger partial charge in [-0.3, -0.25) is 4.98 Å². The highest BCUT2D eigenvalue weighted by Gasteiger charge is 2.08. The quantitative estimate of drug-likeness (QED) is 0.687. The molecule has 0 saturated carbocycles. The molecule has 3 aromatic rings. The Morgan fingerprint density at radius 2 is 1.76 bits per heavy atom. The molecule has 5 heteroatoms. The second-order valence-electron chi connectivity index (χ2n) is 6.29. The van der Waals surface area contributed by atoms with E-state index in [-0.39, 0.29) is 0 Å². The zero-order valence-corrected chi connectivity index (χ0v) is 14.8. The Bertz CT molecular complexity index is 830. The molecule has 2 N–H and O–H groups in total. The van der Waals surface area contributed by atoms with Crippen molar-refractivity contribution >= 4 is 17.5 Å². The van der Waals surface area contributed by atoms with Gasteiger partial charge in [0.1, 0.15) is 5.82 Å². The number of rotatable bonds is 6. The first-order valence-electron chi connectivity index (χ1n) is 8.46. The molecule has 0 bridgehead atoms. The molecule has 0 aliphatic rings. The van der Waals surface area contributed by atoms with Gasteiger partial charge in [0.15, 0.2) is 0 Å². The number of pyridine rings is 1. The van der Waals surface area contributed by atoms with Gasteiger partial charge in [0.2, 0.25) is 5.95 Å². The molecule has 0 atom stereocenters. The van der Waals surface area contributed by atoms with Gasteiger partial charge in [-0.2, -0.15) is 4.98 Å². The van der Waals surface area contributed by atoms with Crippen molar-refractivity contribution in [1.82, 2.24) is 15.0 Å². The summed E-state index contributed by atoms with van der Waals surface area (Å²) in [5, 5.41) is 6.71. The SMILES string of the molecule is Cc1cc(NCc2ccncc2)nc(Nc2ccccc2C(C)C)n1. The van der Waals surface area contributed by atoms with E-state index in [4.69, 9.17) is 0 Å². The minimum Gasteiger partial charge on any atom is -0.366 e. The number of anilines is 3. The maximum absolute atomic E-state index is 4.60. The molecule has 0 unspecified atom stereocenters. The van der Waals surface area contributed by atoms with Gasteiger partial charge in [-0.25, -0.2) is 4.98 Å². The first kappa shape index (κ1) is 16.9. The van der Waals surface area contributed by atoms with E-state index < -0.39 is 0 Å². The van der Waals surface area contributed by atoms with Crippen molar-refractivity contribution in [2.75, 3.05) is 10.6 Å². The van der Waals surface area contributed by atoms with Crippen LogP contribution in [0.3, 0.4) is 0 Å². The average molecular weight is 333 g/mol. The molecule has 25 heavy (non-hydrogen) atoms. The van der Waals surface area contributed by atoms with E-state index in [1.54, 1.807) is 12.4 Å². The third-order valence-electron chi connectivity index (χ3n) is 3.91. The first-order chi connectivity index (χ1) is 12.1. The van der Waals surface area contributed by atoms with Gasteiger partial charge in [0.05, 0.1) is 0 Å². The number of hydrogen-bond donors (Lipinski definition) is 2. The molecule has 0 amide bonds. The standard InChI is InChI=1S/C20H23N5/c1-14(2)17-6-4-5-7-18(17)24-20-23-15(3)12-19(25-20)22-13-16-8-10-21-11-9-16/h4-12,14H,13H2,1-3H3,(H2,22,23,24,25). The Hall–Kier alpha value is -2.95. The highest BCUT2D eigenvalue weighted by atomic mass is 15.1. The van der Waals surface area contributed by atoms with E-state index in [2.05, 4.69) is 57.6 Å². The Morgan fingerprint density at radius 3 is 2.52 bits per heavy atom. The molecule has 0 saturated heterocycles. The second kappa shape index (κ2) is 7.75. The molecule has 5 nitrogen and oxygen atoms in total. The minimum absolute atomic E-state index is 0.429. The van der Waals surface area contributed by atoms with Crippen molar-refractivity contribution in [3.05, 3.63) is 71.7 Å². The van der Waals surface area contributed by atoms with E-state index in [0.717, 1.165) is 22.8 Å². The largest absolute Gasteiger partial charge is 0.366 e.